The molecule has 5 heteroatoms. The lowest BCUT2D eigenvalue weighted by atomic mass is 9.99. The standard InChI is InChI=1S/C13H14N4O/c18-9-10-3-7-17(8-4-10)12-2-1-11-13(16-12)15-6-5-14-11/h1-2,5-6,9-10H,3-4,7-8H2. The molecule has 3 heterocycles. The van der Waals surface area contributed by atoms with Gasteiger partial charge in [-0.25, -0.2) is 9.97 Å². The van der Waals surface area contributed by atoms with Crippen LogP contribution in [0.2, 0.25) is 0 Å². The van der Waals surface area contributed by atoms with Crippen molar-refractivity contribution in [2.24, 2.45) is 5.92 Å². The maximum absolute atomic E-state index is 10.7. The molecular formula is C13H14N4O. The van der Waals surface area contributed by atoms with Gasteiger partial charge in [-0.1, -0.05) is 0 Å². The zero-order chi connectivity index (χ0) is 12.4. The zero-order valence-electron chi connectivity index (χ0n) is 9.99. The van der Waals surface area contributed by atoms with Crippen LogP contribution in [0.4, 0.5) is 5.82 Å². The molecule has 1 aliphatic rings. The number of aromatic nitrogens is 3. The average molecular weight is 242 g/mol. The highest BCUT2D eigenvalue weighted by atomic mass is 16.1. The van der Waals surface area contributed by atoms with E-state index in [4.69, 9.17) is 0 Å². The second-order valence-corrected chi connectivity index (χ2v) is 4.53. The third kappa shape index (κ3) is 2.03. The zero-order valence-corrected chi connectivity index (χ0v) is 9.99. The van der Waals surface area contributed by atoms with Crippen molar-refractivity contribution in [2.45, 2.75) is 12.8 Å². The van der Waals surface area contributed by atoms with Crippen molar-refractivity contribution in [2.75, 3.05) is 18.0 Å². The number of fused-ring (bicyclic) bond motifs is 1. The molecule has 0 spiro atoms. The van der Waals surface area contributed by atoms with Gasteiger partial charge in [0, 0.05) is 31.4 Å². The summed E-state index contributed by atoms with van der Waals surface area (Å²) in [4.78, 5) is 25.9. The molecule has 0 atom stereocenters. The Morgan fingerprint density at radius 3 is 2.72 bits per heavy atom. The van der Waals surface area contributed by atoms with Crippen molar-refractivity contribution in [3.8, 4) is 0 Å². The van der Waals surface area contributed by atoms with E-state index in [9.17, 15) is 4.79 Å². The van der Waals surface area contributed by atoms with Crippen LogP contribution in [0.5, 0.6) is 0 Å². The van der Waals surface area contributed by atoms with E-state index in [0.717, 1.165) is 43.6 Å². The first-order valence-corrected chi connectivity index (χ1v) is 6.15. The molecule has 0 radical (unpaired) electrons. The van der Waals surface area contributed by atoms with Crippen LogP contribution in [0.25, 0.3) is 11.2 Å². The minimum Gasteiger partial charge on any atom is -0.356 e. The highest BCUT2D eigenvalue weighted by Crippen LogP contribution is 2.21. The molecule has 0 unspecified atom stereocenters. The van der Waals surface area contributed by atoms with Crippen LogP contribution in [0.3, 0.4) is 0 Å². The van der Waals surface area contributed by atoms with E-state index >= 15 is 0 Å². The fourth-order valence-electron chi connectivity index (χ4n) is 2.29. The number of nitrogens with zero attached hydrogens (tertiary/aromatic N) is 4. The van der Waals surface area contributed by atoms with Gasteiger partial charge in [0.2, 0.25) is 0 Å². The van der Waals surface area contributed by atoms with Crippen LogP contribution in [-0.2, 0) is 4.79 Å². The Kier molecular flexibility index (Phi) is 2.88. The van der Waals surface area contributed by atoms with Gasteiger partial charge in [-0.3, -0.25) is 4.98 Å². The lowest BCUT2D eigenvalue weighted by molar-refractivity contribution is -0.111. The summed E-state index contributed by atoms with van der Waals surface area (Å²) in [5, 5.41) is 0. The molecule has 1 fully saturated rings. The molecule has 2 aromatic heterocycles. The maximum Gasteiger partial charge on any atom is 0.180 e. The summed E-state index contributed by atoms with van der Waals surface area (Å²) in [5.74, 6) is 1.13. The largest absolute Gasteiger partial charge is 0.356 e. The summed E-state index contributed by atoms with van der Waals surface area (Å²) in [7, 11) is 0. The van der Waals surface area contributed by atoms with E-state index in [1.807, 2.05) is 12.1 Å². The highest BCUT2D eigenvalue weighted by Gasteiger charge is 2.19. The van der Waals surface area contributed by atoms with Gasteiger partial charge in [-0.2, -0.15) is 0 Å². The van der Waals surface area contributed by atoms with E-state index in [1.165, 1.54) is 0 Å². The van der Waals surface area contributed by atoms with E-state index in [2.05, 4.69) is 19.9 Å². The molecule has 1 aliphatic heterocycles. The van der Waals surface area contributed by atoms with Crippen LogP contribution in [-0.4, -0.2) is 34.3 Å². The summed E-state index contributed by atoms with van der Waals surface area (Å²) in [5.41, 5.74) is 1.48. The molecule has 2 aromatic rings. The quantitative estimate of drug-likeness (QED) is 0.746. The van der Waals surface area contributed by atoms with E-state index in [-0.39, 0.29) is 5.92 Å². The van der Waals surface area contributed by atoms with Crippen LogP contribution in [0, 0.1) is 5.92 Å². The Morgan fingerprint density at radius 1 is 1.17 bits per heavy atom. The van der Waals surface area contributed by atoms with E-state index < -0.39 is 0 Å². The van der Waals surface area contributed by atoms with Crippen LogP contribution >= 0.6 is 0 Å². The normalized spacial score (nSPS) is 17.0. The molecule has 5 nitrogen and oxygen atoms in total. The summed E-state index contributed by atoms with van der Waals surface area (Å²) in [6, 6.07) is 3.91. The predicted octanol–water partition coefficient (Wildman–Crippen LogP) is 1.44. The molecule has 3 rings (SSSR count). The SMILES string of the molecule is O=CC1CCN(c2ccc3nccnc3n2)CC1. The van der Waals surface area contributed by atoms with Crippen LogP contribution < -0.4 is 4.90 Å². The van der Waals surface area contributed by atoms with Crippen molar-refractivity contribution in [1.82, 2.24) is 15.0 Å². The van der Waals surface area contributed by atoms with Gasteiger partial charge in [0.15, 0.2) is 5.65 Å². The van der Waals surface area contributed by atoms with Crippen molar-refractivity contribution in [1.29, 1.82) is 0 Å². The molecule has 1 saturated heterocycles. The number of carbonyl (C=O) groups is 1. The van der Waals surface area contributed by atoms with Crippen molar-refractivity contribution in [3.05, 3.63) is 24.5 Å². The molecular weight excluding hydrogens is 228 g/mol. The molecule has 0 aromatic carbocycles. The van der Waals surface area contributed by atoms with Crippen molar-refractivity contribution >= 4 is 23.3 Å². The third-order valence-electron chi connectivity index (χ3n) is 3.37. The van der Waals surface area contributed by atoms with Crippen LogP contribution in [0.15, 0.2) is 24.5 Å². The van der Waals surface area contributed by atoms with Gasteiger partial charge in [-0.15, -0.1) is 0 Å². The number of aldehydes is 1. The molecule has 0 N–H and O–H groups in total. The van der Waals surface area contributed by atoms with Crippen molar-refractivity contribution < 1.29 is 4.79 Å². The number of rotatable bonds is 2. The first-order chi connectivity index (χ1) is 8.86. The Balaban J connectivity index is 1.84. The summed E-state index contributed by atoms with van der Waals surface area (Å²) >= 11 is 0. The Morgan fingerprint density at radius 2 is 1.94 bits per heavy atom. The van der Waals surface area contributed by atoms with Gasteiger partial charge in [0.25, 0.3) is 0 Å². The molecule has 0 saturated carbocycles. The number of carbonyl (C=O) groups excluding carboxylic acids is 1. The second kappa shape index (κ2) is 4.68. The molecule has 92 valence electrons. The summed E-state index contributed by atoms with van der Waals surface area (Å²) < 4.78 is 0. The summed E-state index contributed by atoms with van der Waals surface area (Å²) in [6.07, 6.45) is 6.20. The Bertz CT molecular complexity index is 564. The maximum atomic E-state index is 10.7. The second-order valence-electron chi connectivity index (χ2n) is 4.53. The lowest BCUT2D eigenvalue weighted by Gasteiger charge is -2.30. The Hall–Kier alpha value is -2.04. The minimum absolute atomic E-state index is 0.210. The number of hydrogen-bond acceptors (Lipinski definition) is 5. The van der Waals surface area contributed by atoms with E-state index in [1.54, 1.807) is 12.4 Å². The third-order valence-corrected chi connectivity index (χ3v) is 3.37. The van der Waals surface area contributed by atoms with Crippen LogP contribution in [0.1, 0.15) is 12.8 Å². The molecule has 0 amide bonds. The Labute approximate surface area is 105 Å². The fourth-order valence-corrected chi connectivity index (χ4v) is 2.29. The number of piperidine rings is 1. The molecule has 0 bridgehead atoms. The van der Waals surface area contributed by atoms with Gasteiger partial charge >= 0.3 is 0 Å². The number of pyridine rings is 1. The predicted molar refractivity (Wildman–Crippen MR) is 68.3 cm³/mol. The summed E-state index contributed by atoms with van der Waals surface area (Å²) in [6.45, 7) is 1.75. The average Bonchev–Trinajstić information content (AvgIpc) is 2.47. The molecule has 0 aliphatic carbocycles. The highest BCUT2D eigenvalue weighted by molar-refractivity contribution is 5.71. The first kappa shape index (κ1) is 11.1. The number of hydrogen-bond donors (Lipinski definition) is 0. The van der Waals surface area contributed by atoms with Gasteiger partial charge in [0.1, 0.15) is 17.6 Å². The topological polar surface area (TPSA) is 59.0 Å². The van der Waals surface area contributed by atoms with Crippen molar-refractivity contribution in [3.63, 3.8) is 0 Å². The fraction of sp³-hybridized carbons (Fsp3) is 0.385. The molecule has 18 heavy (non-hydrogen) atoms. The first-order valence-electron chi connectivity index (χ1n) is 6.15. The van der Waals surface area contributed by atoms with Gasteiger partial charge < -0.3 is 9.69 Å². The van der Waals surface area contributed by atoms with Gasteiger partial charge in [-0.05, 0) is 25.0 Å². The number of anilines is 1. The van der Waals surface area contributed by atoms with E-state index in [0.29, 0.717) is 5.65 Å². The minimum atomic E-state index is 0.210. The van der Waals surface area contributed by atoms with Gasteiger partial charge in [0.05, 0.1) is 0 Å². The smallest absolute Gasteiger partial charge is 0.180 e. The lowest BCUT2D eigenvalue weighted by Crippen LogP contribution is -2.34. The monoisotopic (exact) mass is 242 g/mol.